The Hall–Kier alpha value is -1.74. The highest BCUT2D eigenvalue weighted by molar-refractivity contribution is 5.93. The third-order valence-corrected chi connectivity index (χ3v) is 9.02. The van der Waals surface area contributed by atoms with Gasteiger partial charge in [0.25, 0.3) is 0 Å². The van der Waals surface area contributed by atoms with Gasteiger partial charge in [-0.05, 0) is 19.4 Å². The van der Waals surface area contributed by atoms with Gasteiger partial charge in [0.2, 0.25) is 0 Å². The molecular formula is C22H26O8. The van der Waals surface area contributed by atoms with Gasteiger partial charge in [-0.15, -0.1) is 0 Å². The van der Waals surface area contributed by atoms with Crippen LogP contribution in [0.3, 0.4) is 0 Å². The molecular weight excluding hydrogens is 392 g/mol. The molecule has 0 amide bonds. The summed E-state index contributed by atoms with van der Waals surface area (Å²) in [7, 11) is 0. The summed E-state index contributed by atoms with van der Waals surface area (Å²) in [6.45, 7) is 5.51. The number of hydrogen-bond acceptors (Lipinski definition) is 8. The molecule has 0 radical (unpaired) electrons. The van der Waals surface area contributed by atoms with E-state index in [4.69, 9.17) is 23.4 Å². The fraction of sp³-hybridized carbons (Fsp3) is 0.727. The number of ketones is 1. The van der Waals surface area contributed by atoms with Crippen LogP contribution in [-0.4, -0.2) is 53.0 Å². The first-order chi connectivity index (χ1) is 14.1. The minimum atomic E-state index is -1.20. The highest BCUT2D eigenvalue weighted by atomic mass is 16.7. The summed E-state index contributed by atoms with van der Waals surface area (Å²) in [5.74, 6) is -1.58. The Bertz CT molecular complexity index is 952. The lowest BCUT2D eigenvalue weighted by Crippen LogP contribution is -2.82. The Kier molecular flexibility index (Phi) is 3.28. The number of ether oxygens (including phenoxy) is 4. The SMILES string of the molecule is CC(=O)OC[C@@]12[C@@H](O)C[C@]3(C)O[C@@]4(c5ccoc5)C[C@]3(C)[C@]1(CCC(=O)[C@]21CO1)O4. The number of hydrogen-bond donors (Lipinski definition) is 1. The normalized spacial score (nSPS) is 53.1. The maximum Gasteiger partial charge on any atom is 0.302 e. The smallest absolute Gasteiger partial charge is 0.302 e. The van der Waals surface area contributed by atoms with Crippen molar-refractivity contribution in [3.05, 3.63) is 24.2 Å². The average Bonchev–Trinajstić information content (AvgIpc) is 3.06. The number of carbonyl (C=O) groups excluding carboxylic acids is 2. The van der Waals surface area contributed by atoms with E-state index >= 15 is 0 Å². The van der Waals surface area contributed by atoms with Crippen LogP contribution in [0.15, 0.2) is 23.0 Å². The lowest BCUT2D eigenvalue weighted by Gasteiger charge is -2.69. The zero-order valence-electron chi connectivity index (χ0n) is 17.4. The lowest BCUT2D eigenvalue weighted by atomic mass is 9.40. The van der Waals surface area contributed by atoms with Crippen LogP contribution < -0.4 is 0 Å². The summed E-state index contributed by atoms with van der Waals surface area (Å²) in [5.41, 5.74) is -3.84. The largest absolute Gasteiger partial charge is 0.472 e. The zero-order chi connectivity index (χ0) is 21.2. The van der Waals surface area contributed by atoms with Gasteiger partial charge in [-0.25, -0.2) is 0 Å². The molecule has 2 spiro atoms. The van der Waals surface area contributed by atoms with Crippen LogP contribution in [0.25, 0.3) is 0 Å². The second kappa shape index (κ2) is 5.18. The van der Waals surface area contributed by atoms with Crippen LogP contribution in [-0.2, 0) is 34.3 Å². The van der Waals surface area contributed by atoms with Crippen molar-refractivity contribution in [3.8, 4) is 0 Å². The first-order valence-corrected chi connectivity index (χ1v) is 10.5. The number of aliphatic hydroxyl groups excluding tert-OH is 1. The Balaban J connectivity index is 1.60. The summed E-state index contributed by atoms with van der Waals surface area (Å²) in [4.78, 5) is 24.9. The highest BCUT2D eigenvalue weighted by Crippen LogP contribution is 2.81. The average molecular weight is 418 g/mol. The number of furan rings is 1. The third kappa shape index (κ3) is 1.70. The van der Waals surface area contributed by atoms with Gasteiger partial charge in [0.05, 0.1) is 41.9 Å². The first kappa shape index (κ1) is 19.0. The van der Waals surface area contributed by atoms with Crippen LogP contribution in [0.1, 0.15) is 52.0 Å². The van der Waals surface area contributed by atoms with Gasteiger partial charge < -0.3 is 28.5 Å². The second-order valence-corrected chi connectivity index (χ2v) is 10.0. The van der Waals surface area contributed by atoms with Crippen LogP contribution in [0.2, 0.25) is 0 Å². The molecule has 7 atom stereocenters. The number of fused-ring (bicyclic) bond motifs is 2. The highest BCUT2D eigenvalue weighted by Gasteiger charge is 2.92. The minimum absolute atomic E-state index is 0.0591. The molecule has 5 aliphatic rings. The molecule has 6 rings (SSSR count). The molecule has 2 bridgehead atoms. The van der Waals surface area contributed by atoms with Gasteiger partial charge in [0.1, 0.15) is 6.61 Å². The molecule has 0 unspecified atom stereocenters. The molecule has 1 aromatic rings. The molecule has 30 heavy (non-hydrogen) atoms. The summed E-state index contributed by atoms with van der Waals surface area (Å²) < 4.78 is 30.2. The number of aliphatic hydroxyl groups is 1. The fourth-order valence-electron chi connectivity index (χ4n) is 7.47. The maximum absolute atomic E-state index is 13.1. The van der Waals surface area contributed by atoms with Gasteiger partial charge in [-0.2, -0.15) is 0 Å². The Morgan fingerprint density at radius 3 is 2.73 bits per heavy atom. The topological polar surface area (TPSA) is 108 Å². The predicted molar refractivity (Wildman–Crippen MR) is 99.0 cm³/mol. The van der Waals surface area contributed by atoms with Crippen LogP contribution in [0.4, 0.5) is 0 Å². The van der Waals surface area contributed by atoms with E-state index in [0.717, 1.165) is 5.56 Å². The van der Waals surface area contributed by atoms with Crippen molar-refractivity contribution in [2.75, 3.05) is 13.2 Å². The quantitative estimate of drug-likeness (QED) is 0.585. The molecule has 2 aliphatic carbocycles. The van der Waals surface area contributed by atoms with Crippen molar-refractivity contribution in [1.29, 1.82) is 0 Å². The van der Waals surface area contributed by atoms with Gasteiger partial charge in [-0.1, -0.05) is 6.92 Å². The van der Waals surface area contributed by atoms with Gasteiger partial charge in [0, 0.05) is 37.2 Å². The van der Waals surface area contributed by atoms with Crippen LogP contribution in [0, 0.1) is 10.8 Å². The molecule has 5 fully saturated rings. The van der Waals surface area contributed by atoms with E-state index in [9.17, 15) is 14.7 Å². The number of carbonyl (C=O) groups is 2. The standard InChI is InChI=1S/C22H26O8/c1-13(23)27-11-19-16(25)8-18(3)17(2)10-21(29-18,14-5-7-26-9-14)30-22(17,19)6-4-15(24)20(19)12-28-20/h5,7,9,16,25H,4,6,8,10-12H2,1-3H3/t16-,17-,18-,19-,20+,21-,22-/m0/s1. The van der Waals surface area contributed by atoms with Crippen molar-refractivity contribution in [1.82, 2.24) is 0 Å². The third-order valence-electron chi connectivity index (χ3n) is 9.02. The van der Waals surface area contributed by atoms with E-state index in [2.05, 4.69) is 6.92 Å². The molecule has 1 aromatic heterocycles. The molecule has 0 aromatic carbocycles. The van der Waals surface area contributed by atoms with Crippen LogP contribution >= 0.6 is 0 Å². The van der Waals surface area contributed by atoms with E-state index in [1.807, 2.05) is 13.0 Å². The first-order valence-electron chi connectivity index (χ1n) is 10.5. The number of Topliss-reactive ketones (excluding diaryl/α,β-unsaturated/α-hetero) is 1. The molecule has 3 aliphatic heterocycles. The van der Waals surface area contributed by atoms with E-state index in [1.54, 1.807) is 12.5 Å². The summed E-state index contributed by atoms with van der Waals surface area (Å²) >= 11 is 0. The zero-order valence-corrected chi connectivity index (χ0v) is 17.4. The van der Waals surface area contributed by atoms with E-state index in [1.165, 1.54) is 6.92 Å². The molecule has 8 heteroatoms. The van der Waals surface area contributed by atoms with E-state index < -0.39 is 45.5 Å². The van der Waals surface area contributed by atoms with Crippen molar-refractivity contribution in [2.24, 2.45) is 10.8 Å². The van der Waals surface area contributed by atoms with Gasteiger partial charge in [0.15, 0.2) is 17.2 Å². The Morgan fingerprint density at radius 1 is 1.33 bits per heavy atom. The van der Waals surface area contributed by atoms with E-state index in [0.29, 0.717) is 12.8 Å². The monoisotopic (exact) mass is 418 g/mol. The summed E-state index contributed by atoms with van der Waals surface area (Å²) in [6.07, 6.45) is 3.72. The molecule has 8 nitrogen and oxygen atoms in total. The Morgan fingerprint density at radius 2 is 2.10 bits per heavy atom. The van der Waals surface area contributed by atoms with Crippen molar-refractivity contribution in [2.45, 2.75) is 75.1 Å². The van der Waals surface area contributed by atoms with E-state index in [-0.39, 0.29) is 31.8 Å². The molecule has 1 N–H and O–H groups in total. The number of esters is 1. The fourth-order valence-corrected chi connectivity index (χ4v) is 7.47. The number of rotatable bonds is 3. The minimum Gasteiger partial charge on any atom is -0.472 e. The lowest BCUT2D eigenvalue weighted by molar-refractivity contribution is -0.421. The van der Waals surface area contributed by atoms with Gasteiger partial charge in [-0.3, -0.25) is 9.59 Å². The molecule has 3 saturated heterocycles. The van der Waals surface area contributed by atoms with Crippen molar-refractivity contribution >= 4 is 11.8 Å². The molecule has 162 valence electrons. The maximum atomic E-state index is 13.1. The summed E-state index contributed by atoms with van der Waals surface area (Å²) in [5, 5.41) is 11.6. The van der Waals surface area contributed by atoms with Crippen molar-refractivity contribution < 1.29 is 38.1 Å². The van der Waals surface area contributed by atoms with Crippen LogP contribution in [0.5, 0.6) is 0 Å². The number of epoxide rings is 1. The Labute approximate surface area is 173 Å². The molecule has 2 saturated carbocycles. The second-order valence-electron chi connectivity index (χ2n) is 10.0. The summed E-state index contributed by atoms with van der Waals surface area (Å²) in [6, 6.07) is 1.83. The van der Waals surface area contributed by atoms with Crippen molar-refractivity contribution in [3.63, 3.8) is 0 Å². The predicted octanol–water partition coefficient (Wildman–Crippen LogP) is 1.83. The van der Waals surface area contributed by atoms with Gasteiger partial charge >= 0.3 is 5.97 Å². The molecule has 4 heterocycles.